The average molecular weight is 290 g/mol. The summed E-state index contributed by atoms with van der Waals surface area (Å²) in [6, 6.07) is 5.24. The number of halogens is 1. The van der Waals surface area contributed by atoms with Crippen LogP contribution in [0.25, 0.3) is 11.0 Å². The van der Waals surface area contributed by atoms with E-state index in [1.807, 2.05) is 0 Å². The van der Waals surface area contributed by atoms with Crippen molar-refractivity contribution in [3.05, 3.63) is 24.0 Å². The highest BCUT2D eigenvalue weighted by atomic mass is 19.1. The zero-order valence-corrected chi connectivity index (χ0v) is 12.5. The van der Waals surface area contributed by atoms with E-state index in [9.17, 15) is 4.39 Å². The Labute approximate surface area is 124 Å². The maximum Gasteiger partial charge on any atom is 0.203 e. The smallest absolute Gasteiger partial charge is 0.203 e. The zero-order chi connectivity index (χ0) is 14.7. The molecule has 21 heavy (non-hydrogen) atoms. The molecule has 0 spiro atoms. The second-order valence-corrected chi connectivity index (χ2v) is 5.81. The molecule has 114 valence electrons. The molecule has 4 nitrogen and oxygen atoms in total. The number of aromatic nitrogens is 2. The quantitative estimate of drug-likeness (QED) is 0.859. The molecule has 0 radical (unpaired) electrons. The number of anilines is 1. The van der Waals surface area contributed by atoms with Crippen molar-refractivity contribution >= 4 is 17.0 Å². The molecular formula is C16H23FN4. The summed E-state index contributed by atoms with van der Waals surface area (Å²) >= 11 is 0. The van der Waals surface area contributed by atoms with E-state index < -0.39 is 0 Å². The SMILES string of the molecule is CCCCN(CC1CCCN1)c1nc2ccc(F)cc2[nH]1. The lowest BCUT2D eigenvalue weighted by Gasteiger charge is -2.25. The molecule has 1 fully saturated rings. The van der Waals surface area contributed by atoms with Crippen LogP contribution in [0.5, 0.6) is 0 Å². The molecule has 1 saturated heterocycles. The van der Waals surface area contributed by atoms with Gasteiger partial charge in [0.1, 0.15) is 5.82 Å². The number of benzene rings is 1. The molecule has 0 amide bonds. The molecule has 5 heteroatoms. The number of hydrogen-bond acceptors (Lipinski definition) is 3. The summed E-state index contributed by atoms with van der Waals surface area (Å²) in [5.41, 5.74) is 1.60. The minimum absolute atomic E-state index is 0.227. The van der Waals surface area contributed by atoms with Crippen molar-refractivity contribution in [2.75, 3.05) is 24.5 Å². The van der Waals surface area contributed by atoms with Crippen molar-refractivity contribution < 1.29 is 4.39 Å². The van der Waals surface area contributed by atoms with Crippen molar-refractivity contribution in [3.63, 3.8) is 0 Å². The monoisotopic (exact) mass is 290 g/mol. The Kier molecular flexibility index (Phi) is 4.39. The van der Waals surface area contributed by atoms with Gasteiger partial charge in [-0.2, -0.15) is 0 Å². The van der Waals surface area contributed by atoms with Gasteiger partial charge in [0.2, 0.25) is 5.95 Å². The molecule has 1 atom stereocenters. The van der Waals surface area contributed by atoms with Gasteiger partial charge in [-0.25, -0.2) is 9.37 Å². The van der Waals surface area contributed by atoms with Crippen LogP contribution in [0.4, 0.5) is 10.3 Å². The first kappa shape index (κ1) is 14.3. The molecule has 1 aromatic carbocycles. The molecule has 0 bridgehead atoms. The molecule has 3 rings (SSSR count). The molecule has 0 saturated carbocycles. The van der Waals surface area contributed by atoms with Gasteiger partial charge in [-0.3, -0.25) is 0 Å². The number of imidazole rings is 1. The lowest BCUT2D eigenvalue weighted by Crippen LogP contribution is -2.38. The number of nitrogens with zero attached hydrogens (tertiary/aromatic N) is 2. The van der Waals surface area contributed by atoms with Crippen molar-refractivity contribution in [2.45, 2.75) is 38.6 Å². The largest absolute Gasteiger partial charge is 0.341 e. The highest BCUT2D eigenvalue weighted by Gasteiger charge is 2.20. The topological polar surface area (TPSA) is 44.0 Å². The van der Waals surface area contributed by atoms with Crippen LogP contribution in [0.2, 0.25) is 0 Å². The van der Waals surface area contributed by atoms with Crippen LogP contribution in [-0.2, 0) is 0 Å². The molecule has 1 aliphatic rings. The minimum atomic E-state index is -0.227. The van der Waals surface area contributed by atoms with Gasteiger partial charge in [0.05, 0.1) is 11.0 Å². The van der Waals surface area contributed by atoms with Gasteiger partial charge in [0, 0.05) is 19.1 Å². The summed E-state index contributed by atoms with van der Waals surface area (Å²) in [4.78, 5) is 10.2. The van der Waals surface area contributed by atoms with Crippen molar-refractivity contribution in [1.82, 2.24) is 15.3 Å². The number of unbranched alkanes of at least 4 members (excludes halogenated alkanes) is 1. The number of H-pyrrole nitrogens is 1. The van der Waals surface area contributed by atoms with Crippen molar-refractivity contribution in [1.29, 1.82) is 0 Å². The zero-order valence-electron chi connectivity index (χ0n) is 12.5. The second kappa shape index (κ2) is 6.43. The fraction of sp³-hybridized carbons (Fsp3) is 0.562. The second-order valence-electron chi connectivity index (χ2n) is 5.81. The van der Waals surface area contributed by atoms with E-state index in [-0.39, 0.29) is 5.82 Å². The van der Waals surface area contributed by atoms with Crippen molar-refractivity contribution in [3.8, 4) is 0 Å². The molecule has 1 unspecified atom stereocenters. The van der Waals surface area contributed by atoms with Crippen LogP contribution < -0.4 is 10.2 Å². The average Bonchev–Trinajstić information content (AvgIpc) is 3.11. The molecule has 1 aliphatic heterocycles. The lowest BCUT2D eigenvalue weighted by molar-refractivity contribution is 0.567. The van der Waals surface area contributed by atoms with E-state index in [1.54, 1.807) is 6.07 Å². The van der Waals surface area contributed by atoms with Gasteiger partial charge in [0.15, 0.2) is 0 Å². The van der Waals surface area contributed by atoms with Gasteiger partial charge in [-0.05, 0) is 44.0 Å². The standard InChI is InChI=1S/C16H23FN4/c1-2-3-9-21(11-13-5-4-8-18-13)16-19-14-7-6-12(17)10-15(14)20-16/h6-7,10,13,18H,2-5,8-9,11H2,1H3,(H,19,20). The summed E-state index contributed by atoms with van der Waals surface area (Å²) in [6.45, 7) is 5.25. The summed E-state index contributed by atoms with van der Waals surface area (Å²) in [7, 11) is 0. The van der Waals surface area contributed by atoms with Crippen LogP contribution >= 0.6 is 0 Å². The number of rotatable bonds is 6. The molecule has 0 aliphatic carbocycles. The molecular weight excluding hydrogens is 267 g/mol. The van der Waals surface area contributed by atoms with Gasteiger partial charge in [0.25, 0.3) is 0 Å². The first-order valence-corrected chi connectivity index (χ1v) is 7.90. The Hall–Kier alpha value is -1.62. The highest BCUT2D eigenvalue weighted by molar-refractivity contribution is 5.77. The summed E-state index contributed by atoms with van der Waals surface area (Å²) < 4.78 is 13.3. The number of nitrogens with one attached hydrogen (secondary N) is 2. The molecule has 2 N–H and O–H groups in total. The first-order chi connectivity index (χ1) is 10.3. The van der Waals surface area contributed by atoms with Gasteiger partial charge in [-0.15, -0.1) is 0 Å². The predicted molar refractivity (Wildman–Crippen MR) is 84.2 cm³/mol. The maximum absolute atomic E-state index is 13.3. The predicted octanol–water partition coefficient (Wildman–Crippen LogP) is 3.06. The molecule has 2 aromatic rings. The third-order valence-electron chi connectivity index (χ3n) is 4.12. The van der Waals surface area contributed by atoms with Crippen LogP contribution in [0.3, 0.4) is 0 Å². The van der Waals surface area contributed by atoms with E-state index in [4.69, 9.17) is 0 Å². The lowest BCUT2D eigenvalue weighted by atomic mass is 10.2. The Balaban J connectivity index is 1.81. The van der Waals surface area contributed by atoms with Gasteiger partial charge >= 0.3 is 0 Å². The van der Waals surface area contributed by atoms with E-state index in [0.29, 0.717) is 6.04 Å². The van der Waals surface area contributed by atoms with E-state index >= 15 is 0 Å². The maximum atomic E-state index is 13.3. The number of aromatic amines is 1. The fourth-order valence-electron chi connectivity index (χ4n) is 2.93. The third-order valence-corrected chi connectivity index (χ3v) is 4.12. The van der Waals surface area contributed by atoms with Crippen LogP contribution in [0, 0.1) is 5.82 Å². The molecule has 1 aromatic heterocycles. The van der Waals surface area contributed by atoms with E-state index in [2.05, 4.69) is 27.1 Å². The van der Waals surface area contributed by atoms with Crippen LogP contribution in [-0.4, -0.2) is 35.6 Å². The fourth-order valence-corrected chi connectivity index (χ4v) is 2.93. The van der Waals surface area contributed by atoms with Crippen LogP contribution in [0.1, 0.15) is 32.6 Å². The molecule has 2 heterocycles. The normalized spacial score (nSPS) is 18.5. The van der Waals surface area contributed by atoms with Crippen molar-refractivity contribution in [2.24, 2.45) is 0 Å². The Morgan fingerprint density at radius 3 is 3.10 bits per heavy atom. The Morgan fingerprint density at radius 2 is 2.33 bits per heavy atom. The van der Waals surface area contributed by atoms with E-state index in [0.717, 1.165) is 49.5 Å². The summed E-state index contributed by atoms with van der Waals surface area (Å²) in [6.07, 6.45) is 4.76. The summed E-state index contributed by atoms with van der Waals surface area (Å²) in [5, 5.41) is 3.53. The number of fused-ring (bicyclic) bond motifs is 1. The number of hydrogen-bond donors (Lipinski definition) is 2. The third kappa shape index (κ3) is 3.35. The van der Waals surface area contributed by atoms with Crippen LogP contribution in [0.15, 0.2) is 18.2 Å². The first-order valence-electron chi connectivity index (χ1n) is 7.90. The Morgan fingerprint density at radius 1 is 1.43 bits per heavy atom. The van der Waals surface area contributed by atoms with Gasteiger partial charge < -0.3 is 15.2 Å². The van der Waals surface area contributed by atoms with E-state index in [1.165, 1.54) is 25.0 Å². The summed E-state index contributed by atoms with van der Waals surface area (Å²) in [5.74, 6) is 0.632. The highest BCUT2D eigenvalue weighted by Crippen LogP contribution is 2.20. The van der Waals surface area contributed by atoms with Gasteiger partial charge in [-0.1, -0.05) is 13.3 Å². The minimum Gasteiger partial charge on any atom is -0.341 e. The Bertz CT molecular complexity index is 589.